The SMILES string of the molecule is O=C(C1CCOCC1)N1CCC(N2C(=O)c3ccccc3C2=O)C1. The lowest BCUT2D eigenvalue weighted by atomic mass is 9.99. The van der Waals surface area contributed by atoms with Crippen LogP contribution < -0.4 is 0 Å². The first-order chi connectivity index (χ1) is 11.7. The van der Waals surface area contributed by atoms with Crippen LogP contribution in [0.3, 0.4) is 0 Å². The van der Waals surface area contributed by atoms with Crippen LogP contribution in [0, 0.1) is 5.92 Å². The van der Waals surface area contributed by atoms with Gasteiger partial charge in [0.05, 0.1) is 17.2 Å². The third-order valence-corrected chi connectivity index (χ3v) is 5.24. The number of hydrogen-bond donors (Lipinski definition) is 0. The van der Waals surface area contributed by atoms with Crippen molar-refractivity contribution in [3.8, 4) is 0 Å². The van der Waals surface area contributed by atoms with E-state index in [0.29, 0.717) is 43.9 Å². The Morgan fingerprint density at radius 2 is 1.62 bits per heavy atom. The molecular formula is C18H20N2O4. The molecule has 6 heteroatoms. The highest BCUT2D eigenvalue weighted by molar-refractivity contribution is 6.21. The second-order valence-corrected chi connectivity index (χ2v) is 6.64. The molecule has 0 saturated carbocycles. The van der Waals surface area contributed by atoms with Crippen molar-refractivity contribution in [3.05, 3.63) is 35.4 Å². The fourth-order valence-electron chi connectivity index (χ4n) is 3.89. The van der Waals surface area contributed by atoms with E-state index in [1.807, 2.05) is 4.90 Å². The number of likely N-dealkylation sites (tertiary alicyclic amines) is 1. The van der Waals surface area contributed by atoms with E-state index in [2.05, 4.69) is 0 Å². The minimum absolute atomic E-state index is 0.0136. The second kappa shape index (κ2) is 6.02. The summed E-state index contributed by atoms with van der Waals surface area (Å²) in [5.74, 6) is -0.320. The van der Waals surface area contributed by atoms with Crippen LogP contribution in [0.25, 0.3) is 0 Å². The van der Waals surface area contributed by atoms with Gasteiger partial charge in [-0.2, -0.15) is 0 Å². The van der Waals surface area contributed by atoms with Gasteiger partial charge in [0.1, 0.15) is 0 Å². The van der Waals surface area contributed by atoms with Gasteiger partial charge in [-0.25, -0.2) is 0 Å². The van der Waals surface area contributed by atoms with Crippen LogP contribution in [0.2, 0.25) is 0 Å². The number of ether oxygens (including phenoxy) is 1. The first-order valence-corrected chi connectivity index (χ1v) is 8.50. The molecule has 0 aromatic heterocycles. The molecule has 0 N–H and O–H groups in total. The van der Waals surface area contributed by atoms with Crippen LogP contribution in [-0.4, -0.2) is 59.9 Å². The molecule has 4 rings (SSSR count). The van der Waals surface area contributed by atoms with Crippen molar-refractivity contribution in [1.29, 1.82) is 0 Å². The molecule has 0 spiro atoms. The summed E-state index contributed by atoms with van der Waals surface area (Å²) in [5, 5.41) is 0. The molecule has 3 amide bonds. The highest BCUT2D eigenvalue weighted by Gasteiger charge is 2.43. The van der Waals surface area contributed by atoms with Crippen molar-refractivity contribution in [2.75, 3.05) is 26.3 Å². The van der Waals surface area contributed by atoms with Crippen LogP contribution in [0.5, 0.6) is 0 Å². The molecule has 2 saturated heterocycles. The van der Waals surface area contributed by atoms with Gasteiger partial charge < -0.3 is 9.64 Å². The predicted molar refractivity (Wildman–Crippen MR) is 85.5 cm³/mol. The molecule has 1 unspecified atom stereocenters. The summed E-state index contributed by atoms with van der Waals surface area (Å²) in [6.45, 7) is 2.31. The van der Waals surface area contributed by atoms with Crippen LogP contribution in [0.4, 0.5) is 0 Å². The maximum absolute atomic E-state index is 12.6. The quantitative estimate of drug-likeness (QED) is 0.768. The van der Waals surface area contributed by atoms with Gasteiger partial charge in [-0.1, -0.05) is 12.1 Å². The second-order valence-electron chi connectivity index (χ2n) is 6.64. The molecule has 1 aromatic rings. The van der Waals surface area contributed by atoms with E-state index in [-0.39, 0.29) is 29.7 Å². The molecular weight excluding hydrogens is 308 g/mol. The molecule has 126 valence electrons. The van der Waals surface area contributed by atoms with Crippen molar-refractivity contribution in [1.82, 2.24) is 9.80 Å². The zero-order valence-corrected chi connectivity index (χ0v) is 13.4. The molecule has 6 nitrogen and oxygen atoms in total. The summed E-state index contributed by atoms with van der Waals surface area (Å²) in [6.07, 6.45) is 2.17. The summed E-state index contributed by atoms with van der Waals surface area (Å²) >= 11 is 0. The molecule has 24 heavy (non-hydrogen) atoms. The molecule has 0 bridgehead atoms. The Labute approximate surface area is 140 Å². The maximum atomic E-state index is 12.6. The Morgan fingerprint density at radius 1 is 1.00 bits per heavy atom. The van der Waals surface area contributed by atoms with Crippen molar-refractivity contribution < 1.29 is 19.1 Å². The van der Waals surface area contributed by atoms with E-state index >= 15 is 0 Å². The highest BCUT2D eigenvalue weighted by Crippen LogP contribution is 2.29. The molecule has 3 aliphatic rings. The molecule has 3 heterocycles. The van der Waals surface area contributed by atoms with Crippen molar-refractivity contribution in [2.24, 2.45) is 5.92 Å². The number of nitrogens with zero attached hydrogens (tertiary/aromatic N) is 2. The summed E-state index contributed by atoms with van der Waals surface area (Å²) in [6, 6.07) is 6.69. The topological polar surface area (TPSA) is 66.9 Å². The number of amides is 3. The van der Waals surface area contributed by atoms with Gasteiger partial charge in [-0.3, -0.25) is 19.3 Å². The van der Waals surface area contributed by atoms with Crippen LogP contribution >= 0.6 is 0 Å². The third kappa shape index (κ3) is 2.41. The van der Waals surface area contributed by atoms with E-state index < -0.39 is 0 Å². The molecule has 1 atom stereocenters. The number of rotatable bonds is 2. The number of fused-ring (bicyclic) bond motifs is 1. The fraction of sp³-hybridized carbons (Fsp3) is 0.500. The molecule has 3 aliphatic heterocycles. The summed E-state index contributed by atoms with van der Waals surface area (Å²) in [5.41, 5.74) is 0.938. The summed E-state index contributed by atoms with van der Waals surface area (Å²) in [7, 11) is 0. The van der Waals surface area contributed by atoms with E-state index in [4.69, 9.17) is 4.74 Å². The van der Waals surface area contributed by atoms with Crippen molar-refractivity contribution in [3.63, 3.8) is 0 Å². The number of hydrogen-bond acceptors (Lipinski definition) is 4. The number of carbonyl (C=O) groups is 3. The minimum atomic E-state index is -0.235. The Kier molecular flexibility index (Phi) is 3.84. The normalized spacial score (nSPS) is 24.6. The first-order valence-electron chi connectivity index (χ1n) is 8.50. The van der Waals surface area contributed by atoms with Crippen LogP contribution in [0.15, 0.2) is 24.3 Å². The van der Waals surface area contributed by atoms with Gasteiger partial charge >= 0.3 is 0 Å². The summed E-state index contributed by atoms with van der Waals surface area (Å²) < 4.78 is 5.31. The lowest BCUT2D eigenvalue weighted by molar-refractivity contribution is -0.137. The molecule has 0 aliphatic carbocycles. The van der Waals surface area contributed by atoms with Crippen LogP contribution in [-0.2, 0) is 9.53 Å². The fourth-order valence-corrected chi connectivity index (χ4v) is 3.89. The van der Waals surface area contributed by atoms with Crippen molar-refractivity contribution in [2.45, 2.75) is 25.3 Å². The van der Waals surface area contributed by atoms with Gasteiger partial charge in [0.25, 0.3) is 11.8 Å². The van der Waals surface area contributed by atoms with E-state index in [9.17, 15) is 14.4 Å². The Morgan fingerprint density at radius 3 is 2.25 bits per heavy atom. The summed E-state index contributed by atoms with van der Waals surface area (Å²) in [4.78, 5) is 40.9. The Hall–Kier alpha value is -2.21. The predicted octanol–water partition coefficient (Wildman–Crippen LogP) is 1.31. The molecule has 1 aromatic carbocycles. The van der Waals surface area contributed by atoms with E-state index in [1.54, 1.807) is 24.3 Å². The molecule has 2 fully saturated rings. The van der Waals surface area contributed by atoms with Crippen molar-refractivity contribution >= 4 is 17.7 Å². The standard InChI is InChI=1S/C18H20N2O4/c21-16(12-6-9-24-10-7-12)19-8-5-13(11-19)20-17(22)14-3-1-2-4-15(14)18(20)23/h1-4,12-13H,5-11H2. The molecule has 0 radical (unpaired) electrons. The highest BCUT2D eigenvalue weighted by atomic mass is 16.5. The monoisotopic (exact) mass is 328 g/mol. The minimum Gasteiger partial charge on any atom is -0.381 e. The van der Waals surface area contributed by atoms with E-state index in [1.165, 1.54) is 4.90 Å². The number of carbonyl (C=O) groups excluding carboxylic acids is 3. The van der Waals surface area contributed by atoms with E-state index in [0.717, 1.165) is 12.8 Å². The van der Waals surface area contributed by atoms with Gasteiger partial charge in [0.15, 0.2) is 0 Å². The average molecular weight is 328 g/mol. The zero-order valence-electron chi connectivity index (χ0n) is 13.4. The maximum Gasteiger partial charge on any atom is 0.261 e. The van der Waals surface area contributed by atoms with Crippen LogP contribution in [0.1, 0.15) is 40.0 Å². The third-order valence-electron chi connectivity index (χ3n) is 5.24. The van der Waals surface area contributed by atoms with Gasteiger partial charge in [0, 0.05) is 32.2 Å². The first kappa shape index (κ1) is 15.3. The zero-order chi connectivity index (χ0) is 16.7. The Bertz CT molecular complexity index is 661. The van der Waals surface area contributed by atoms with Gasteiger partial charge in [-0.05, 0) is 31.4 Å². The van der Waals surface area contributed by atoms with Gasteiger partial charge in [-0.15, -0.1) is 0 Å². The number of benzene rings is 1. The Balaban J connectivity index is 1.47. The lowest BCUT2D eigenvalue weighted by Gasteiger charge is -2.27. The average Bonchev–Trinajstić information content (AvgIpc) is 3.19. The number of imide groups is 1. The largest absolute Gasteiger partial charge is 0.381 e. The van der Waals surface area contributed by atoms with Gasteiger partial charge in [0.2, 0.25) is 5.91 Å². The lowest BCUT2D eigenvalue weighted by Crippen LogP contribution is -2.43. The smallest absolute Gasteiger partial charge is 0.261 e.